The third kappa shape index (κ3) is 3.69. The van der Waals surface area contributed by atoms with E-state index < -0.39 is 0 Å². The van der Waals surface area contributed by atoms with Crippen LogP contribution in [-0.2, 0) is 9.59 Å². The fourth-order valence-electron chi connectivity index (χ4n) is 3.46. The van der Waals surface area contributed by atoms with Gasteiger partial charge in [-0.3, -0.25) is 9.59 Å². The molecule has 0 saturated carbocycles. The van der Waals surface area contributed by atoms with Crippen molar-refractivity contribution in [2.75, 3.05) is 25.0 Å². The maximum Gasteiger partial charge on any atom is 0.293 e. The van der Waals surface area contributed by atoms with Crippen LogP contribution in [0.4, 0.5) is 5.69 Å². The summed E-state index contributed by atoms with van der Waals surface area (Å²) >= 11 is 0. The van der Waals surface area contributed by atoms with Crippen molar-refractivity contribution in [2.45, 2.75) is 12.8 Å². The molecule has 1 fully saturated rings. The molecule has 142 valence electrons. The number of para-hydroxylation sites is 2. The first-order valence-electron chi connectivity index (χ1n) is 9.45. The number of hydrogen-bond donors (Lipinski definition) is 0. The molecule has 2 aromatic rings. The van der Waals surface area contributed by atoms with Gasteiger partial charge in [-0.15, -0.1) is 0 Å². The number of rotatable bonds is 3. The normalized spacial score (nSPS) is 17.9. The molecule has 2 aromatic carbocycles. The minimum Gasteiger partial charge on any atom is -0.449 e. The highest BCUT2D eigenvalue weighted by molar-refractivity contribution is 6.09. The van der Waals surface area contributed by atoms with E-state index in [0.717, 1.165) is 42.7 Å². The Hall–Kier alpha value is -3.34. The second-order valence-corrected chi connectivity index (χ2v) is 6.98. The van der Waals surface area contributed by atoms with Crippen molar-refractivity contribution in [2.24, 2.45) is 0 Å². The number of anilines is 1. The Bertz CT molecular complexity index is 971. The van der Waals surface area contributed by atoms with Gasteiger partial charge in [0.2, 0.25) is 5.91 Å². The van der Waals surface area contributed by atoms with Crippen LogP contribution in [0.3, 0.4) is 0 Å². The Balaban J connectivity index is 1.54. The molecule has 5 nitrogen and oxygen atoms in total. The van der Waals surface area contributed by atoms with Crippen LogP contribution in [0.2, 0.25) is 0 Å². The summed E-state index contributed by atoms with van der Waals surface area (Å²) in [5, 5.41) is 0. The molecule has 2 amide bonds. The number of carbonyl (C=O) groups is 2. The van der Waals surface area contributed by atoms with Gasteiger partial charge in [-0.1, -0.05) is 30.3 Å². The van der Waals surface area contributed by atoms with Crippen LogP contribution in [0.5, 0.6) is 5.75 Å². The van der Waals surface area contributed by atoms with Crippen molar-refractivity contribution in [1.29, 1.82) is 0 Å². The van der Waals surface area contributed by atoms with E-state index in [0.29, 0.717) is 5.75 Å². The second kappa shape index (κ2) is 7.72. The number of nitrogens with zero attached hydrogens (tertiary/aromatic N) is 2. The molecule has 1 saturated heterocycles. The van der Waals surface area contributed by atoms with Crippen LogP contribution < -0.4 is 9.64 Å². The van der Waals surface area contributed by atoms with E-state index in [1.807, 2.05) is 59.5 Å². The molecule has 0 N–H and O–H groups in total. The first-order valence-corrected chi connectivity index (χ1v) is 9.45. The molecule has 28 heavy (non-hydrogen) atoms. The summed E-state index contributed by atoms with van der Waals surface area (Å²) in [6.07, 6.45) is 7.31. The molecule has 4 rings (SSSR count). The van der Waals surface area contributed by atoms with E-state index in [-0.39, 0.29) is 17.6 Å². The SMILES string of the molecule is CN1C(=O)/C(=C/c2cccc(/C=C/C(=O)N3CCCC3)c2)Oc2ccccc21. The monoisotopic (exact) mass is 374 g/mol. The van der Waals surface area contributed by atoms with Gasteiger partial charge in [0, 0.05) is 26.2 Å². The second-order valence-electron chi connectivity index (χ2n) is 6.98. The average Bonchev–Trinajstić information content (AvgIpc) is 3.25. The Morgan fingerprint density at radius 3 is 2.61 bits per heavy atom. The molecule has 0 aliphatic carbocycles. The van der Waals surface area contributed by atoms with Crippen molar-refractivity contribution < 1.29 is 14.3 Å². The first kappa shape index (κ1) is 18.0. The molecule has 0 spiro atoms. The zero-order valence-electron chi connectivity index (χ0n) is 15.8. The van der Waals surface area contributed by atoms with Gasteiger partial charge in [0.15, 0.2) is 11.5 Å². The predicted molar refractivity (Wildman–Crippen MR) is 110 cm³/mol. The fourth-order valence-corrected chi connectivity index (χ4v) is 3.46. The number of benzene rings is 2. The first-order chi connectivity index (χ1) is 13.6. The number of hydrogen-bond acceptors (Lipinski definition) is 3. The molecule has 0 radical (unpaired) electrons. The number of amides is 2. The van der Waals surface area contributed by atoms with Crippen LogP contribution in [0.15, 0.2) is 60.4 Å². The summed E-state index contributed by atoms with van der Waals surface area (Å²) in [4.78, 5) is 28.2. The summed E-state index contributed by atoms with van der Waals surface area (Å²) in [5.74, 6) is 0.785. The van der Waals surface area contributed by atoms with E-state index in [9.17, 15) is 9.59 Å². The van der Waals surface area contributed by atoms with Crippen LogP contribution >= 0.6 is 0 Å². The van der Waals surface area contributed by atoms with Crippen molar-refractivity contribution in [1.82, 2.24) is 4.90 Å². The van der Waals surface area contributed by atoms with Crippen molar-refractivity contribution in [3.63, 3.8) is 0 Å². The summed E-state index contributed by atoms with van der Waals surface area (Å²) in [7, 11) is 1.74. The Kier molecular flexibility index (Phi) is 4.98. The number of likely N-dealkylation sites (N-methyl/N-ethyl adjacent to an activating group) is 1. The summed E-state index contributed by atoms with van der Waals surface area (Å²) in [6.45, 7) is 1.67. The fraction of sp³-hybridized carbons (Fsp3) is 0.217. The number of likely N-dealkylation sites (tertiary alicyclic amines) is 1. The minimum atomic E-state index is -0.191. The van der Waals surface area contributed by atoms with Crippen molar-refractivity contribution in [3.05, 3.63) is 71.5 Å². The Morgan fingerprint density at radius 2 is 1.79 bits per heavy atom. The van der Waals surface area contributed by atoms with Crippen molar-refractivity contribution >= 4 is 29.7 Å². The topological polar surface area (TPSA) is 49.9 Å². The third-order valence-corrected chi connectivity index (χ3v) is 5.01. The lowest BCUT2D eigenvalue weighted by molar-refractivity contribution is -0.125. The van der Waals surface area contributed by atoms with E-state index >= 15 is 0 Å². The summed E-state index contributed by atoms with van der Waals surface area (Å²) in [6, 6.07) is 15.1. The van der Waals surface area contributed by atoms with Gasteiger partial charge >= 0.3 is 0 Å². The summed E-state index contributed by atoms with van der Waals surface area (Å²) in [5.41, 5.74) is 2.49. The molecular weight excluding hydrogens is 352 g/mol. The highest BCUT2D eigenvalue weighted by Gasteiger charge is 2.27. The molecule has 2 aliphatic heterocycles. The van der Waals surface area contributed by atoms with E-state index in [4.69, 9.17) is 4.74 Å². The predicted octanol–water partition coefficient (Wildman–Crippen LogP) is 3.72. The molecule has 0 bridgehead atoms. The molecule has 0 aromatic heterocycles. The molecule has 5 heteroatoms. The van der Waals surface area contributed by atoms with Gasteiger partial charge in [0.25, 0.3) is 5.91 Å². The van der Waals surface area contributed by atoms with Crippen LogP contribution in [0.1, 0.15) is 24.0 Å². The molecule has 0 unspecified atom stereocenters. The lowest BCUT2D eigenvalue weighted by atomic mass is 10.1. The lowest BCUT2D eigenvalue weighted by Gasteiger charge is -2.27. The van der Waals surface area contributed by atoms with E-state index in [2.05, 4.69) is 0 Å². The van der Waals surface area contributed by atoms with Crippen LogP contribution in [0.25, 0.3) is 12.2 Å². The maximum atomic E-state index is 12.6. The maximum absolute atomic E-state index is 12.6. The van der Waals surface area contributed by atoms with Gasteiger partial charge in [0.1, 0.15) is 0 Å². The Labute approximate surface area is 164 Å². The number of carbonyl (C=O) groups excluding carboxylic acids is 2. The van der Waals surface area contributed by atoms with E-state index in [1.165, 1.54) is 0 Å². The number of ether oxygens (including phenoxy) is 1. The zero-order chi connectivity index (χ0) is 19.5. The standard InChI is InChI=1S/C23H22N2O3/c1-24-19-9-2-3-10-20(19)28-21(23(24)27)16-18-8-6-7-17(15-18)11-12-22(26)25-13-4-5-14-25/h2-3,6-12,15-16H,4-5,13-14H2,1H3/b12-11+,21-16-. The van der Waals surface area contributed by atoms with E-state index in [1.54, 1.807) is 24.1 Å². The molecular formula is C23H22N2O3. The number of fused-ring (bicyclic) bond motifs is 1. The van der Waals surface area contributed by atoms with Gasteiger partial charge in [-0.25, -0.2) is 0 Å². The molecule has 2 heterocycles. The minimum absolute atomic E-state index is 0.0466. The summed E-state index contributed by atoms with van der Waals surface area (Å²) < 4.78 is 5.82. The zero-order valence-corrected chi connectivity index (χ0v) is 15.8. The lowest BCUT2D eigenvalue weighted by Crippen LogP contribution is -2.33. The molecule has 0 atom stereocenters. The van der Waals surface area contributed by atoms with Crippen molar-refractivity contribution in [3.8, 4) is 5.75 Å². The average molecular weight is 374 g/mol. The highest BCUT2D eigenvalue weighted by atomic mass is 16.5. The van der Waals surface area contributed by atoms with Gasteiger partial charge in [0.05, 0.1) is 5.69 Å². The quantitative estimate of drug-likeness (QED) is 0.770. The van der Waals surface area contributed by atoms with Crippen LogP contribution in [-0.4, -0.2) is 36.9 Å². The highest BCUT2D eigenvalue weighted by Crippen LogP contribution is 2.34. The smallest absolute Gasteiger partial charge is 0.293 e. The van der Waals surface area contributed by atoms with Crippen LogP contribution in [0, 0.1) is 0 Å². The molecule has 2 aliphatic rings. The van der Waals surface area contributed by atoms with Gasteiger partial charge in [-0.05, 0) is 54.3 Å². The van der Waals surface area contributed by atoms with Gasteiger partial charge in [-0.2, -0.15) is 0 Å². The largest absolute Gasteiger partial charge is 0.449 e. The van der Waals surface area contributed by atoms with Gasteiger partial charge < -0.3 is 14.5 Å². The third-order valence-electron chi connectivity index (χ3n) is 5.01. The Morgan fingerprint density at radius 1 is 1.04 bits per heavy atom.